The number of nitrogens with zero attached hydrogens (tertiary/aromatic N) is 2. The molecule has 4 aromatic rings. The zero-order chi connectivity index (χ0) is 30.3. The number of methoxy groups -OCH3 is 2. The van der Waals surface area contributed by atoms with Crippen LogP contribution in [0.15, 0.2) is 93.9 Å². The van der Waals surface area contributed by atoms with E-state index in [-0.39, 0.29) is 44.6 Å². The number of anilines is 2. The summed E-state index contributed by atoms with van der Waals surface area (Å²) in [6, 6.07) is 20.2. The number of sulfonamides is 1. The van der Waals surface area contributed by atoms with Crippen molar-refractivity contribution in [3.05, 3.63) is 105 Å². The van der Waals surface area contributed by atoms with Crippen molar-refractivity contribution >= 4 is 66.9 Å². The topological polar surface area (TPSA) is 149 Å². The molecular formula is C28H23BrClN5O6S. The monoisotopic (exact) mass is 671 g/mol. The summed E-state index contributed by atoms with van der Waals surface area (Å²) in [5.74, 6) is -1.18. The summed E-state index contributed by atoms with van der Waals surface area (Å²) in [6.07, 6.45) is 1.50. The van der Waals surface area contributed by atoms with Gasteiger partial charge in [-0.2, -0.15) is 9.97 Å². The second-order valence-electron chi connectivity index (χ2n) is 8.41. The smallest absolute Gasteiger partial charge is 0.321 e. The number of nitrogens with one attached hydrogen (secondary N) is 3. The van der Waals surface area contributed by atoms with E-state index in [4.69, 9.17) is 21.1 Å². The SMILES string of the molecule is COc1cc(NS(=O)(=O)c2ccc(NC(=O)/C(=C\c3ccc(Br)cc3)NC(=O)c3ccccc3Cl)cc2)nc(OC)n1. The normalized spacial score (nSPS) is 11.4. The summed E-state index contributed by atoms with van der Waals surface area (Å²) >= 11 is 9.53. The standard InChI is InChI=1S/C28H23BrClN5O6S/c1-40-25-16-24(33-28(34-25)41-2)35-42(38,39)20-13-11-19(12-14-20)31-27(37)23(15-17-7-9-18(29)10-8-17)32-26(36)21-5-3-4-6-22(21)30/h3-16H,1-2H3,(H,31,37)(H,32,36)(H,33,34,35)/b23-15+. The van der Waals surface area contributed by atoms with E-state index in [0.717, 1.165) is 4.47 Å². The quantitative estimate of drug-likeness (QED) is 0.197. The molecule has 1 heterocycles. The molecule has 0 radical (unpaired) electrons. The Balaban J connectivity index is 1.54. The van der Waals surface area contributed by atoms with Gasteiger partial charge in [0.1, 0.15) is 5.70 Å². The van der Waals surface area contributed by atoms with Crippen LogP contribution in [0.2, 0.25) is 5.02 Å². The van der Waals surface area contributed by atoms with Gasteiger partial charge < -0.3 is 20.1 Å². The van der Waals surface area contributed by atoms with Crippen LogP contribution in [0, 0.1) is 0 Å². The Bertz CT molecular complexity index is 1730. The molecule has 3 aromatic carbocycles. The molecule has 0 saturated heterocycles. The minimum absolute atomic E-state index is 0.0620. The van der Waals surface area contributed by atoms with E-state index in [1.165, 1.54) is 56.7 Å². The Morgan fingerprint density at radius 1 is 0.929 bits per heavy atom. The lowest BCUT2D eigenvalue weighted by Crippen LogP contribution is -2.31. The lowest BCUT2D eigenvalue weighted by molar-refractivity contribution is -0.113. The van der Waals surface area contributed by atoms with Crippen molar-refractivity contribution in [3.63, 3.8) is 0 Å². The van der Waals surface area contributed by atoms with E-state index in [1.807, 2.05) is 0 Å². The number of ether oxygens (including phenoxy) is 2. The van der Waals surface area contributed by atoms with Crippen LogP contribution in [0.5, 0.6) is 11.9 Å². The highest BCUT2D eigenvalue weighted by molar-refractivity contribution is 9.10. The first kappa shape index (κ1) is 30.5. The molecule has 1 aromatic heterocycles. The molecule has 3 N–H and O–H groups in total. The van der Waals surface area contributed by atoms with Gasteiger partial charge in [0.05, 0.1) is 29.7 Å². The van der Waals surface area contributed by atoms with Crippen LogP contribution < -0.4 is 24.8 Å². The third-order valence-electron chi connectivity index (χ3n) is 5.53. The lowest BCUT2D eigenvalue weighted by Gasteiger charge is -2.13. The summed E-state index contributed by atoms with van der Waals surface area (Å²) < 4.78 is 39.1. The molecule has 42 heavy (non-hydrogen) atoms. The molecule has 14 heteroatoms. The summed E-state index contributed by atoms with van der Waals surface area (Å²) in [4.78, 5) is 34.0. The van der Waals surface area contributed by atoms with E-state index in [0.29, 0.717) is 5.56 Å². The molecule has 216 valence electrons. The van der Waals surface area contributed by atoms with Gasteiger partial charge >= 0.3 is 6.01 Å². The average Bonchev–Trinajstić information content (AvgIpc) is 2.97. The van der Waals surface area contributed by atoms with Crippen molar-refractivity contribution in [1.29, 1.82) is 0 Å². The number of carbonyl (C=O) groups is 2. The largest absolute Gasteiger partial charge is 0.481 e. The van der Waals surface area contributed by atoms with Crippen LogP contribution in [-0.2, 0) is 14.8 Å². The first-order chi connectivity index (χ1) is 20.1. The number of halogens is 2. The van der Waals surface area contributed by atoms with Crippen LogP contribution in [0.4, 0.5) is 11.5 Å². The molecule has 0 aliphatic rings. The molecule has 0 unspecified atom stereocenters. The van der Waals surface area contributed by atoms with E-state index < -0.39 is 21.8 Å². The van der Waals surface area contributed by atoms with Crippen molar-refractivity contribution in [1.82, 2.24) is 15.3 Å². The van der Waals surface area contributed by atoms with E-state index in [1.54, 1.807) is 42.5 Å². The Morgan fingerprint density at radius 3 is 2.26 bits per heavy atom. The zero-order valence-corrected chi connectivity index (χ0v) is 25.2. The maximum absolute atomic E-state index is 13.3. The van der Waals surface area contributed by atoms with Gasteiger partial charge in [0.15, 0.2) is 5.82 Å². The third-order valence-corrected chi connectivity index (χ3v) is 7.76. The Hall–Kier alpha value is -4.46. The zero-order valence-electron chi connectivity index (χ0n) is 22.1. The molecule has 0 bridgehead atoms. The van der Waals surface area contributed by atoms with Crippen molar-refractivity contribution in [2.75, 3.05) is 24.3 Å². The van der Waals surface area contributed by atoms with Crippen LogP contribution in [0.25, 0.3) is 6.08 Å². The highest BCUT2D eigenvalue weighted by Gasteiger charge is 2.19. The average molecular weight is 673 g/mol. The van der Waals surface area contributed by atoms with Crippen molar-refractivity contribution < 1.29 is 27.5 Å². The minimum Gasteiger partial charge on any atom is -0.481 e. The van der Waals surface area contributed by atoms with Gasteiger partial charge in [-0.25, -0.2) is 8.42 Å². The highest BCUT2D eigenvalue weighted by Crippen LogP contribution is 2.22. The number of aromatic nitrogens is 2. The molecule has 2 amide bonds. The number of hydrogen-bond donors (Lipinski definition) is 3. The number of hydrogen-bond acceptors (Lipinski definition) is 8. The van der Waals surface area contributed by atoms with E-state index >= 15 is 0 Å². The molecule has 4 rings (SSSR count). The Kier molecular flexibility index (Phi) is 9.78. The number of benzene rings is 3. The fourth-order valence-corrected chi connectivity index (χ4v) is 4.96. The number of carbonyl (C=O) groups excluding carboxylic acids is 2. The number of rotatable bonds is 10. The van der Waals surface area contributed by atoms with Gasteiger partial charge in [0, 0.05) is 16.2 Å². The fraction of sp³-hybridized carbons (Fsp3) is 0.0714. The van der Waals surface area contributed by atoms with E-state index in [2.05, 4.69) is 41.3 Å². The van der Waals surface area contributed by atoms with Crippen LogP contribution >= 0.6 is 27.5 Å². The van der Waals surface area contributed by atoms with E-state index in [9.17, 15) is 18.0 Å². The van der Waals surface area contributed by atoms with Crippen LogP contribution in [0.3, 0.4) is 0 Å². The molecule has 11 nitrogen and oxygen atoms in total. The molecule has 0 aliphatic carbocycles. The van der Waals surface area contributed by atoms with Crippen molar-refractivity contribution in [2.24, 2.45) is 0 Å². The third kappa shape index (κ3) is 7.84. The second kappa shape index (κ2) is 13.5. The summed E-state index contributed by atoms with van der Waals surface area (Å²) in [5.41, 5.74) is 1.05. The Morgan fingerprint density at radius 2 is 1.62 bits per heavy atom. The summed E-state index contributed by atoms with van der Waals surface area (Å²) in [5, 5.41) is 5.51. The molecule has 0 fully saturated rings. The van der Waals surface area contributed by atoms with Gasteiger partial charge in [-0.05, 0) is 60.2 Å². The Labute approximate surface area is 255 Å². The lowest BCUT2D eigenvalue weighted by atomic mass is 10.1. The maximum atomic E-state index is 13.3. The van der Waals surface area contributed by atoms with Gasteiger partial charge in [-0.15, -0.1) is 0 Å². The predicted molar refractivity (Wildman–Crippen MR) is 162 cm³/mol. The predicted octanol–water partition coefficient (Wildman–Crippen LogP) is 5.12. The highest BCUT2D eigenvalue weighted by atomic mass is 79.9. The first-order valence-corrected chi connectivity index (χ1v) is 14.7. The minimum atomic E-state index is -4.07. The molecular weight excluding hydrogens is 650 g/mol. The van der Waals surface area contributed by atoms with Crippen molar-refractivity contribution in [2.45, 2.75) is 4.90 Å². The van der Waals surface area contributed by atoms with Gasteiger partial charge in [0.25, 0.3) is 21.8 Å². The molecule has 0 atom stereocenters. The molecule has 0 spiro atoms. The second-order valence-corrected chi connectivity index (χ2v) is 11.4. The number of amides is 2. The van der Waals surface area contributed by atoms with Gasteiger partial charge in [-0.1, -0.05) is 51.8 Å². The molecule has 0 aliphatic heterocycles. The van der Waals surface area contributed by atoms with Crippen LogP contribution in [-0.4, -0.2) is 44.4 Å². The summed E-state index contributed by atoms with van der Waals surface area (Å²) in [7, 11) is -1.36. The molecule has 0 saturated carbocycles. The first-order valence-electron chi connectivity index (χ1n) is 12.0. The van der Waals surface area contributed by atoms with Gasteiger partial charge in [-0.3, -0.25) is 14.3 Å². The maximum Gasteiger partial charge on any atom is 0.321 e. The van der Waals surface area contributed by atoms with Crippen molar-refractivity contribution in [3.8, 4) is 11.9 Å². The van der Waals surface area contributed by atoms with Gasteiger partial charge in [0.2, 0.25) is 5.88 Å². The summed E-state index contributed by atoms with van der Waals surface area (Å²) in [6.45, 7) is 0. The fourth-order valence-electron chi connectivity index (χ4n) is 3.48. The van der Waals surface area contributed by atoms with Crippen LogP contribution in [0.1, 0.15) is 15.9 Å².